The third-order valence-corrected chi connectivity index (χ3v) is 6.57. The molecule has 0 bridgehead atoms. The lowest BCUT2D eigenvalue weighted by Gasteiger charge is -2.37. The third kappa shape index (κ3) is 5.91. The molecule has 3 rings (SSSR count). The van der Waals surface area contributed by atoms with Gasteiger partial charge in [0.25, 0.3) is 0 Å². The number of piperidine rings is 1. The minimum atomic E-state index is -4.38. The molecule has 1 unspecified atom stereocenters. The van der Waals surface area contributed by atoms with Gasteiger partial charge in [0, 0.05) is 12.8 Å². The van der Waals surface area contributed by atoms with Crippen molar-refractivity contribution in [2.24, 2.45) is 5.92 Å². The zero-order valence-electron chi connectivity index (χ0n) is 19.2. The predicted octanol–water partition coefficient (Wildman–Crippen LogP) is 6.54. The summed E-state index contributed by atoms with van der Waals surface area (Å²) in [7, 11) is 4.42. The lowest BCUT2D eigenvalue weighted by atomic mass is 9.82. The second kappa shape index (κ2) is 9.26. The van der Waals surface area contributed by atoms with E-state index in [0.29, 0.717) is 17.9 Å². The molecule has 1 N–H and O–H groups in total. The number of alkyl halides is 3. The molecule has 0 aliphatic carbocycles. The summed E-state index contributed by atoms with van der Waals surface area (Å²) in [5, 5.41) is 9.91. The van der Waals surface area contributed by atoms with Crippen molar-refractivity contribution in [2.45, 2.75) is 51.1 Å². The zero-order chi connectivity index (χ0) is 23.7. The number of aliphatic carboxylic acids is 1. The first-order valence-electron chi connectivity index (χ1n) is 11.2. The van der Waals surface area contributed by atoms with Gasteiger partial charge < -0.3 is 9.59 Å². The SMILES string of the molecule is CC(C)CC(C(=O)O)c1cc(-c2ccc(C(F)(F)F)cc2)cc(C2CC[N+](C)(C)CC2)c1. The molecule has 6 heteroatoms. The normalized spacial score (nSPS) is 18.0. The maximum Gasteiger partial charge on any atom is 0.416 e. The first kappa shape index (κ1) is 24.3. The number of rotatable bonds is 6. The van der Waals surface area contributed by atoms with Crippen LogP contribution in [0.3, 0.4) is 0 Å². The van der Waals surface area contributed by atoms with E-state index < -0.39 is 23.6 Å². The van der Waals surface area contributed by atoms with Crippen molar-refractivity contribution in [2.75, 3.05) is 27.2 Å². The second-order valence-electron chi connectivity index (χ2n) is 10.1. The van der Waals surface area contributed by atoms with Crippen molar-refractivity contribution in [3.05, 3.63) is 59.2 Å². The molecule has 1 heterocycles. The molecule has 0 spiro atoms. The molecule has 0 amide bonds. The van der Waals surface area contributed by atoms with Crippen molar-refractivity contribution >= 4 is 5.97 Å². The number of benzene rings is 2. The van der Waals surface area contributed by atoms with E-state index in [0.717, 1.165) is 59.2 Å². The molecule has 1 saturated heterocycles. The predicted molar refractivity (Wildman–Crippen MR) is 121 cm³/mol. The molecular weight excluding hydrogens is 415 g/mol. The van der Waals surface area contributed by atoms with Crippen molar-refractivity contribution in [1.82, 2.24) is 0 Å². The average Bonchev–Trinajstić information content (AvgIpc) is 2.71. The first-order chi connectivity index (χ1) is 14.9. The third-order valence-electron chi connectivity index (χ3n) is 6.57. The van der Waals surface area contributed by atoms with Crippen molar-refractivity contribution < 1.29 is 27.6 Å². The fraction of sp³-hybridized carbons (Fsp3) is 0.500. The molecule has 0 saturated carbocycles. The highest BCUT2D eigenvalue weighted by molar-refractivity contribution is 5.77. The number of quaternary nitrogens is 1. The number of likely N-dealkylation sites (tertiary alicyclic amines) is 1. The number of carboxylic acid groups (broad SMARTS) is 1. The largest absolute Gasteiger partial charge is 0.481 e. The van der Waals surface area contributed by atoms with Crippen LogP contribution in [0.4, 0.5) is 13.2 Å². The minimum absolute atomic E-state index is 0.210. The Hall–Kier alpha value is -2.34. The van der Waals surface area contributed by atoms with Crippen LogP contribution in [-0.4, -0.2) is 42.7 Å². The van der Waals surface area contributed by atoms with Crippen LogP contribution >= 0.6 is 0 Å². The Kier molecular flexibility index (Phi) is 7.03. The van der Waals surface area contributed by atoms with Crippen LogP contribution in [0.1, 0.15) is 61.6 Å². The Morgan fingerprint density at radius 1 is 1.03 bits per heavy atom. The van der Waals surface area contributed by atoms with Crippen molar-refractivity contribution in [3.63, 3.8) is 0 Å². The van der Waals surface area contributed by atoms with Gasteiger partial charge in [-0.1, -0.05) is 44.2 Å². The van der Waals surface area contributed by atoms with Crippen LogP contribution in [0.2, 0.25) is 0 Å². The van der Waals surface area contributed by atoms with E-state index >= 15 is 0 Å². The number of nitrogens with zero attached hydrogens (tertiary/aromatic N) is 1. The van der Waals surface area contributed by atoms with Gasteiger partial charge >= 0.3 is 12.1 Å². The molecule has 32 heavy (non-hydrogen) atoms. The molecule has 0 aromatic heterocycles. The van der Waals surface area contributed by atoms with Crippen molar-refractivity contribution in [3.8, 4) is 11.1 Å². The number of hydrogen-bond donors (Lipinski definition) is 1. The molecule has 0 radical (unpaired) electrons. The van der Waals surface area contributed by atoms with E-state index in [-0.39, 0.29) is 5.92 Å². The van der Waals surface area contributed by atoms with Gasteiger partial charge in [-0.25, -0.2) is 0 Å². The molecule has 1 fully saturated rings. The highest BCUT2D eigenvalue weighted by Crippen LogP contribution is 2.37. The van der Waals surface area contributed by atoms with Gasteiger partial charge in [-0.2, -0.15) is 13.2 Å². The van der Waals surface area contributed by atoms with Crippen LogP contribution in [0.15, 0.2) is 42.5 Å². The molecule has 1 atom stereocenters. The van der Waals surface area contributed by atoms with E-state index in [1.54, 1.807) is 0 Å². The fourth-order valence-electron chi connectivity index (χ4n) is 4.58. The van der Waals surface area contributed by atoms with Gasteiger partial charge in [-0.3, -0.25) is 4.79 Å². The fourth-order valence-corrected chi connectivity index (χ4v) is 4.58. The zero-order valence-corrected chi connectivity index (χ0v) is 19.2. The standard InChI is InChI=1S/C26H32F3NO2/c1-17(2)13-24(25(31)32)22-15-20(18-5-7-23(8-6-18)26(27,28)29)14-21(16-22)19-9-11-30(3,4)12-10-19/h5-8,14-17,19,24H,9-13H2,1-4H3/p+1. The molecule has 174 valence electrons. The van der Waals surface area contributed by atoms with Gasteiger partial charge in [-0.15, -0.1) is 0 Å². The Morgan fingerprint density at radius 2 is 1.62 bits per heavy atom. The topological polar surface area (TPSA) is 37.3 Å². The summed E-state index contributed by atoms with van der Waals surface area (Å²) in [6, 6.07) is 11.0. The summed E-state index contributed by atoms with van der Waals surface area (Å²) in [5.41, 5.74) is 2.58. The Bertz CT molecular complexity index is 939. The second-order valence-corrected chi connectivity index (χ2v) is 10.1. The maximum absolute atomic E-state index is 13.0. The number of hydrogen-bond acceptors (Lipinski definition) is 1. The van der Waals surface area contributed by atoms with Crippen LogP contribution in [0.25, 0.3) is 11.1 Å². The van der Waals surface area contributed by atoms with E-state index in [1.165, 1.54) is 12.1 Å². The van der Waals surface area contributed by atoms with E-state index in [4.69, 9.17) is 0 Å². The highest BCUT2D eigenvalue weighted by Gasteiger charge is 2.31. The van der Waals surface area contributed by atoms with Crippen molar-refractivity contribution in [1.29, 1.82) is 0 Å². The molecule has 2 aromatic carbocycles. The van der Waals surface area contributed by atoms with E-state index in [1.807, 2.05) is 32.0 Å². The summed E-state index contributed by atoms with van der Waals surface area (Å²) in [4.78, 5) is 12.1. The van der Waals surface area contributed by atoms with Gasteiger partial charge in [-0.05, 0) is 52.6 Å². The summed E-state index contributed by atoms with van der Waals surface area (Å²) in [6.07, 6.45) is -1.86. The van der Waals surface area contributed by atoms with Gasteiger partial charge in [0.1, 0.15) is 0 Å². The van der Waals surface area contributed by atoms with Crippen LogP contribution < -0.4 is 0 Å². The lowest BCUT2D eigenvalue weighted by molar-refractivity contribution is -0.895. The molecule has 3 nitrogen and oxygen atoms in total. The van der Waals surface area contributed by atoms with Gasteiger partial charge in [0.05, 0.1) is 38.7 Å². The monoisotopic (exact) mass is 448 g/mol. The van der Waals surface area contributed by atoms with E-state index in [9.17, 15) is 23.1 Å². The molecule has 1 aliphatic heterocycles. The number of halogens is 3. The quantitative estimate of drug-likeness (QED) is 0.510. The van der Waals surface area contributed by atoms with E-state index in [2.05, 4.69) is 14.1 Å². The molecule has 2 aromatic rings. The first-order valence-corrected chi connectivity index (χ1v) is 11.2. The summed E-state index contributed by atoms with van der Waals surface area (Å²) in [6.45, 7) is 6.08. The Balaban J connectivity index is 2.05. The number of carbonyl (C=O) groups is 1. The molecular formula is C26H33F3NO2+. The number of carboxylic acids is 1. The van der Waals surface area contributed by atoms with Crippen LogP contribution in [-0.2, 0) is 11.0 Å². The smallest absolute Gasteiger partial charge is 0.416 e. The highest BCUT2D eigenvalue weighted by atomic mass is 19.4. The summed E-state index contributed by atoms with van der Waals surface area (Å²) < 4.78 is 40.0. The van der Waals surface area contributed by atoms with Gasteiger partial charge in [0.15, 0.2) is 0 Å². The molecule has 1 aliphatic rings. The summed E-state index contributed by atoms with van der Waals surface area (Å²) in [5.74, 6) is -0.973. The Labute approximate surface area is 188 Å². The minimum Gasteiger partial charge on any atom is -0.481 e. The van der Waals surface area contributed by atoms with Crippen LogP contribution in [0.5, 0.6) is 0 Å². The maximum atomic E-state index is 13.0. The summed E-state index contributed by atoms with van der Waals surface area (Å²) >= 11 is 0. The average molecular weight is 449 g/mol. The van der Waals surface area contributed by atoms with Crippen LogP contribution in [0, 0.1) is 5.92 Å². The Morgan fingerprint density at radius 3 is 2.12 bits per heavy atom. The van der Waals surface area contributed by atoms with Gasteiger partial charge in [0.2, 0.25) is 0 Å². The lowest BCUT2D eigenvalue weighted by Crippen LogP contribution is -2.45.